The highest BCUT2D eigenvalue weighted by molar-refractivity contribution is 6.42. The Hall–Kier alpha value is -3.39. The molecule has 3 aromatic carbocycles. The Kier molecular flexibility index (Phi) is 6.88. The molecular formula is C24H14Cl3FN2O4. The number of nitrogens with zero attached hydrogens (tertiary/aromatic N) is 1. The summed E-state index contributed by atoms with van der Waals surface area (Å²) in [4.78, 5) is 38.9. The van der Waals surface area contributed by atoms with Crippen molar-refractivity contribution in [1.29, 1.82) is 0 Å². The number of halogens is 4. The SMILES string of the molecule is O=C1NC(=O)N(c2ccccc2Cl)C(=O)/C1=C/c1cc(Cl)cc(Cl)c1OCc1ccccc1F. The zero-order valence-corrected chi connectivity index (χ0v) is 19.4. The maximum absolute atomic E-state index is 14.0. The summed E-state index contributed by atoms with van der Waals surface area (Å²) in [6.07, 6.45) is 1.20. The fourth-order valence-electron chi connectivity index (χ4n) is 3.27. The molecule has 1 heterocycles. The first-order chi connectivity index (χ1) is 16.3. The van der Waals surface area contributed by atoms with Gasteiger partial charge in [-0.2, -0.15) is 0 Å². The summed E-state index contributed by atoms with van der Waals surface area (Å²) in [7, 11) is 0. The lowest BCUT2D eigenvalue weighted by Crippen LogP contribution is -2.54. The molecule has 0 aromatic heterocycles. The second-order valence-electron chi connectivity index (χ2n) is 7.10. The third kappa shape index (κ3) is 4.77. The molecule has 0 bridgehead atoms. The first kappa shape index (κ1) is 23.8. The molecule has 0 aliphatic carbocycles. The van der Waals surface area contributed by atoms with Gasteiger partial charge in [0.2, 0.25) is 0 Å². The van der Waals surface area contributed by atoms with E-state index < -0.39 is 23.7 Å². The second-order valence-corrected chi connectivity index (χ2v) is 8.35. The van der Waals surface area contributed by atoms with E-state index in [1.54, 1.807) is 30.3 Å². The molecule has 10 heteroatoms. The minimum Gasteiger partial charge on any atom is -0.487 e. The minimum absolute atomic E-state index is 0.0728. The van der Waals surface area contributed by atoms with E-state index in [1.807, 2.05) is 0 Å². The number of ether oxygens (including phenoxy) is 1. The number of hydrogen-bond donors (Lipinski definition) is 1. The number of anilines is 1. The first-order valence-corrected chi connectivity index (χ1v) is 10.9. The molecule has 34 heavy (non-hydrogen) atoms. The van der Waals surface area contributed by atoms with E-state index in [0.717, 1.165) is 4.90 Å². The van der Waals surface area contributed by atoms with Crippen molar-refractivity contribution in [3.63, 3.8) is 0 Å². The highest BCUT2D eigenvalue weighted by Crippen LogP contribution is 2.36. The van der Waals surface area contributed by atoms with E-state index in [1.165, 1.54) is 36.4 Å². The van der Waals surface area contributed by atoms with Gasteiger partial charge in [0.25, 0.3) is 11.8 Å². The molecule has 1 saturated heterocycles. The summed E-state index contributed by atoms with van der Waals surface area (Å²) in [5.74, 6) is -2.22. The average molecular weight is 520 g/mol. The van der Waals surface area contributed by atoms with Crippen LogP contribution in [0.2, 0.25) is 15.1 Å². The summed E-state index contributed by atoms with van der Waals surface area (Å²) >= 11 is 18.6. The van der Waals surface area contributed by atoms with Crippen LogP contribution < -0.4 is 15.0 Å². The molecule has 4 amide bonds. The lowest BCUT2D eigenvalue weighted by Gasteiger charge is -2.27. The number of para-hydroxylation sites is 1. The number of hydrogen-bond acceptors (Lipinski definition) is 4. The molecule has 1 aliphatic rings. The van der Waals surface area contributed by atoms with Gasteiger partial charge < -0.3 is 4.74 Å². The zero-order valence-electron chi connectivity index (χ0n) is 17.2. The third-order valence-electron chi connectivity index (χ3n) is 4.86. The molecule has 6 nitrogen and oxygen atoms in total. The molecule has 1 fully saturated rings. The van der Waals surface area contributed by atoms with Gasteiger partial charge in [-0.3, -0.25) is 14.9 Å². The van der Waals surface area contributed by atoms with Crippen molar-refractivity contribution in [3.8, 4) is 5.75 Å². The van der Waals surface area contributed by atoms with Gasteiger partial charge in [-0.1, -0.05) is 65.1 Å². The number of nitrogens with one attached hydrogen (secondary N) is 1. The predicted octanol–water partition coefficient (Wildman–Crippen LogP) is 6.03. The number of rotatable bonds is 5. The smallest absolute Gasteiger partial charge is 0.335 e. The van der Waals surface area contributed by atoms with Crippen LogP contribution in [0, 0.1) is 5.82 Å². The minimum atomic E-state index is -0.944. The maximum Gasteiger partial charge on any atom is 0.335 e. The monoisotopic (exact) mass is 518 g/mol. The molecule has 0 spiro atoms. The molecule has 0 unspecified atom stereocenters. The third-order valence-corrected chi connectivity index (χ3v) is 5.68. The Morgan fingerprint density at radius 1 is 0.941 bits per heavy atom. The van der Waals surface area contributed by atoms with Crippen molar-refractivity contribution >= 4 is 64.4 Å². The topological polar surface area (TPSA) is 75.7 Å². The molecule has 1 N–H and O–H groups in total. The van der Waals surface area contributed by atoms with Crippen molar-refractivity contribution in [2.24, 2.45) is 0 Å². The lowest BCUT2D eigenvalue weighted by molar-refractivity contribution is -0.122. The van der Waals surface area contributed by atoms with Crippen LogP contribution in [0.25, 0.3) is 6.08 Å². The van der Waals surface area contributed by atoms with Crippen LogP contribution in [0.15, 0.2) is 66.2 Å². The highest BCUT2D eigenvalue weighted by atomic mass is 35.5. The summed E-state index contributed by atoms with van der Waals surface area (Å²) in [5, 5.41) is 2.54. The van der Waals surface area contributed by atoms with Gasteiger partial charge in [-0.15, -0.1) is 0 Å². The van der Waals surface area contributed by atoms with Crippen LogP contribution >= 0.6 is 34.8 Å². The molecule has 0 radical (unpaired) electrons. The van der Waals surface area contributed by atoms with Crippen LogP contribution in [0.4, 0.5) is 14.9 Å². The summed E-state index contributed by atoms with van der Waals surface area (Å²) in [6, 6.07) is 14.1. The van der Waals surface area contributed by atoms with Crippen molar-refractivity contribution in [2.75, 3.05) is 4.90 Å². The number of amides is 4. The molecule has 172 valence electrons. The van der Waals surface area contributed by atoms with Crippen molar-refractivity contribution in [2.45, 2.75) is 6.61 Å². The maximum atomic E-state index is 14.0. The van der Waals surface area contributed by atoms with E-state index in [-0.39, 0.29) is 49.8 Å². The second kappa shape index (κ2) is 9.85. The molecular weight excluding hydrogens is 506 g/mol. The Labute approximate surface area is 208 Å². The lowest BCUT2D eigenvalue weighted by atomic mass is 10.1. The van der Waals surface area contributed by atoms with E-state index in [2.05, 4.69) is 5.32 Å². The van der Waals surface area contributed by atoms with Gasteiger partial charge in [0, 0.05) is 16.1 Å². The number of carbonyl (C=O) groups excluding carboxylic acids is 3. The van der Waals surface area contributed by atoms with Gasteiger partial charge in [0.15, 0.2) is 0 Å². The van der Waals surface area contributed by atoms with Crippen LogP contribution in [-0.2, 0) is 16.2 Å². The number of imide groups is 2. The fraction of sp³-hybridized carbons (Fsp3) is 0.0417. The number of carbonyl (C=O) groups is 3. The van der Waals surface area contributed by atoms with Crippen molar-refractivity contribution < 1.29 is 23.5 Å². The number of benzene rings is 3. The van der Waals surface area contributed by atoms with Gasteiger partial charge >= 0.3 is 6.03 Å². The van der Waals surface area contributed by atoms with Crippen LogP contribution in [0.1, 0.15) is 11.1 Å². The highest BCUT2D eigenvalue weighted by Gasteiger charge is 2.38. The predicted molar refractivity (Wildman–Crippen MR) is 128 cm³/mol. The molecule has 4 rings (SSSR count). The summed E-state index contributed by atoms with van der Waals surface area (Å²) in [5.41, 5.74) is 0.175. The zero-order chi connectivity index (χ0) is 24.4. The van der Waals surface area contributed by atoms with Crippen molar-refractivity contribution in [3.05, 3.63) is 98.2 Å². The van der Waals surface area contributed by atoms with E-state index in [0.29, 0.717) is 0 Å². The molecule has 0 saturated carbocycles. The van der Waals surface area contributed by atoms with Crippen LogP contribution in [0.5, 0.6) is 5.75 Å². The van der Waals surface area contributed by atoms with E-state index >= 15 is 0 Å². The Morgan fingerprint density at radius 2 is 1.65 bits per heavy atom. The van der Waals surface area contributed by atoms with Gasteiger partial charge in [0.05, 0.1) is 15.7 Å². The van der Waals surface area contributed by atoms with Gasteiger partial charge in [-0.05, 0) is 36.4 Å². The summed E-state index contributed by atoms with van der Waals surface area (Å²) in [6.45, 7) is -0.172. The Balaban J connectivity index is 1.74. The summed E-state index contributed by atoms with van der Waals surface area (Å²) < 4.78 is 19.7. The first-order valence-electron chi connectivity index (χ1n) is 9.77. The average Bonchev–Trinajstić information content (AvgIpc) is 2.78. The molecule has 0 atom stereocenters. The van der Waals surface area contributed by atoms with Gasteiger partial charge in [-0.25, -0.2) is 14.1 Å². The normalized spacial score (nSPS) is 15.0. The quantitative estimate of drug-likeness (QED) is 0.330. The standard InChI is InChI=1S/C24H14Cl3FN2O4/c25-15-9-14(21(18(27)11-15)34-12-13-5-1-3-7-19(13)28)10-16-22(31)29-24(33)30(23(16)32)20-8-4-2-6-17(20)26/h1-11H,12H2,(H,29,31,33)/b16-10+. The fourth-order valence-corrected chi connectivity index (χ4v) is 4.05. The van der Waals surface area contributed by atoms with E-state index in [4.69, 9.17) is 39.5 Å². The van der Waals surface area contributed by atoms with Crippen molar-refractivity contribution in [1.82, 2.24) is 5.32 Å². The molecule has 3 aromatic rings. The van der Waals surface area contributed by atoms with Crippen LogP contribution in [-0.4, -0.2) is 17.8 Å². The number of urea groups is 1. The molecule has 1 aliphatic heterocycles. The Bertz CT molecular complexity index is 1360. The number of barbiturate groups is 1. The largest absolute Gasteiger partial charge is 0.487 e. The van der Waals surface area contributed by atoms with Crippen LogP contribution in [0.3, 0.4) is 0 Å². The van der Waals surface area contributed by atoms with E-state index in [9.17, 15) is 18.8 Å². The van der Waals surface area contributed by atoms with Gasteiger partial charge in [0.1, 0.15) is 23.7 Å². The Morgan fingerprint density at radius 3 is 2.38 bits per heavy atom.